The summed E-state index contributed by atoms with van der Waals surface area (Å²) in [7, 11) is -1.43. The van der Waals surface area contributed by atoms with Gasteiger partial charge in [0.1, 0.15) is 23.3 Å². The van der Waals surface area contributed by atoms with Gasteiger partial charge in [-0.2, -0.15) is 0 Å². The molecule has 1 atom stereocenters. The van der Waals surface area contributed by atoms with Gasteiger partial charge in [0.15, 0.2) is 11.6 Å². The lowest BCUT2D eigenvalue weighted by molar-refractivity contribution is 0.344. The molecule has 0 aliphatic heterocycles. The highest BCUT2D eigenvalue weighted by Gasteiger charge is 2.19. The summed E-state index contributed by atoms with van der Waals surface area (Å²) in [6, 6.07) is 8.72. The van der Waals surface area contributed by atoms with Crippen molar-refractivity contribution in [2.24, 2.45) is 7.05 Å². The number of hydrogen-bond donors (Lipinski definition) is 3. The molecule has 2 aromatic carbocycles. The molecule has 0 radical (unpaired) electrons. The summed E-state index contributed by atoms with van der Waals surface area (Å²) >= 11 is 0. The number of halogens is 3. The van der Waals surface area contributed by atoms with Crippen molar-refractivity contribution in [2.75, 3.05) is 6.54 Å². The largest absolute Gasteiger partial charge is 0.454 e. The molecule has 4 rings (SSSR count). The average molecular weight is 477 g/mol. The average Bonchev–Trinajstić information content (AvgIpc) is 3.27. The van der Waals surface area contributed by atoms with E-state index in [1.54, 1.807) is 19.3 Å². The van der Waals surface area contributed by atoms with Gasteiger partial charge in [-0.15, -0.1) is 0 Å². The summed E-state index contributed by atoms with van der Waals surface area (Å²) < 4.78 is 72.8. The van der Waals surface area contributed by atoms with E-state index in [0.29, 0.717) is 28.1 Å². The number of H-pyrrole nitrogens is 1. The third-order valence-electron chi connectivity index (χ3n) is 5.06. The second-order valence-electron chi connectivity index (χ2n) is 7.24. The molecule has 1 unspecified atom stereocenters. The third-order valence-corrected chi connectivity index (χ3v) is 5.50. The summed E-state index contributed by atoms with van der Waals surface area (Å²) in [5, 5.41) is 0.524. The molecule has 0 bridgehead atoms. The van der Waals surface area contributed by atoms with Crippen molar-refractivity contribution in [1.29, 1.82) is 0 Å². The normalized spacial score (nSPS) is 12.4. The number of aromatic nitrogens is 2. The van der Waals surface area contributed by atoms with Crippen LogP contribution in [0.3, 0.4) is 0 Å². The van der Waals surface area contributed by atoms with Crippen LogP contribution < -0.4 is 15.0 Å². The molecule has 7 nitrogen and oxygen atoms in total. The summed E-state index contributed by atoms with van der Waals surface area (Å²) in [4.78, 5) is 15.3. The lowest BCUT2D eigenvalue weighted by Crippen LogP contribution is -2.18. The number of ether oxygens (including phenoxy) is 1. The molecule has 0 amide bonds. The molecule has 2 N–H and O–H groups in total. The number of nitrogens with zero attached hydrogens (tertiary/aromatic N) is 1. The molecule has 2 aromatic heterocycles. The maximum atomic E-state index is 14.7. The first-order chi connectivity index (χ1) is 15.7. The van der Waals surface area contributed by atoms with Crippen LogP contribution >= 0.6 is 0 Å². The van der Waals surface area contributed by atoms with Crippen molar-refractivity contribution in [3.8, 4) is 22.6 Å². The van der Waals surface area contributed by atoms with Gasteiger partial charge < -0.3 is 14.3 Å². The minimum absolute atomic E-state index is 0.125. The Morgan fingerprint density at radius 2 is 1.85 bits per heavy atom. The summed E-state index contributed by atoms with van der Waals surface area (Å²) in [5.41, 5.74) is 0.974. The fraction of sp³-hybridized carbons (Fsp3) is 0.136. The Balaban J connectivity index is 1.88. The number of nitrogens with one attached hydrogen (secondary N) is 2. The van der Waals surface area contributed by atoms with Gasteiger partial charge in [-0.1, -0.05) is 6.07 Å². The van der Waals surface area contributed by atoms with Gasteiger partial charge in [-0.3, -0.25) is 4.79 Å². The van der Waals surface area contributed by atoms with E-state index in [4.69, 9.17) is 4.74 Å². The molecule has 0 aliphatic rings. The van der Waals surface area contributed by atoms with E-state index >= 15 is 0 Å². The molecule has 0 saturated carbocycles. The highest BCUT2D eigenvalue weighted by molar-refractivity contribution is 7.70. The van der Waals surface area contributed by atoms with Gasteiger partial charge in [0.05, 0.1) is 0 Å². The fourth-order valence-electron chi connectivity index (χ4n) is 3.47. The van der Waals surface area contributed by atoms with Crippen molar-refractivity contribution < 1.29 is 26.3 Å². The first-order valence-corrected chi connectivity index (χ1v) is 10.9. The first-order valence-electron chi connectivity index (χ1n) is 9.70. The van der Waals surface area contributed by atoms with E-state index in [2.05, 4.69) is 4.98 Å². The summed E-state index contributed by atoms with van der Waals surface area (Å²) in [5.74, 6) is -1.82. The van der Waals surface area contributed by atoms with Crippen molar-refractivity contribution in [2.45, 2.75) is 6.17 Å². The van der Waals surface area contributed by atoms with Gasteiger partial charge in [0.25, 0.3) is 5.56 Å². The van der Waals surface area contributed by atoms with E-state index in [1.807, 2.05) is 4.72 Å². The van der Waals surface area contributed by atoms with E-state index in [0.717, 1.165) is 12.1 Å². The maximum Gasteiger partial charge on any atom is 0.274 e. The lowest BCUT2D eigenvalue weighted by Gasteiger charge is -2.16. The van der Waals surface area contributed by atoms with Crippen LogP contribution in [0.4, 0.5) is 13.2 Å². The highest BCUT2D eigenvalue weighted by atomic mass is 32.2. The standard InChI is InChI=1S/C22H18F3N3O4S/c1-28-11-16(14-6-7-26-21(14)22(28)29)15-8-12(18(25)10-27-33(30)31)2-4-19(15)32-20-5-3-13(23)9-17(20)24/h2-9,11,18,26,33H,10H2,1H3,(H,27,30,31). The number of fused-ring (bicyclic) bond motifs is 1. The van der Waals surface area contributed by atoms with E-state index < -0.39 is 35.2 Å². The molecule has 0 fully saturated rings. The predicted molar refractivity (Wildman–Crippen MR) is 118 cm³/mol. The quantitative estimate of drug-likeness (QED) is 0.354. The number of pyridine rings is 1. The molecule has 0 spiro atoms. The van der Waals surface area contributed by atoms with Gasteiger partial charge in [-0.25, -0.2) is 26.3 Å². The third kappa shape index (κ3) is 4.64. The van der Waals surface area contributed by atoms with E-state index in [1.165, 1.54) is 29.0 Å². The Labute approximate surface area is 187 Å². The maximum absolute atomic E-state index is 14.7. The van der Waals surface area contributed by atoms with Crippen LogP contribution in [-0.2, 0) is 17.9 Å². The number of hydrogen-bond acceptors (Lipinski definition) is 4. The van der Waals surface area contributed by atoms with Crippen LogP contribution in [0, 0.1) is 11.6 Å². The van der Waals surface area contributed by atoms with Gasteiger partial charge in [0, 0.05) is 48.6 Å². The topological polar surface area (TPSA) is 93.2 Å². The fourth-order valence-corrected chi connectivity index (χ4v) is 3.78. The Bertz CT molecular complexity index is 1470. The number of aryl methyl sites for hydroxylation is 1. The van der Waals surface area contributed by atoms with Crippen molar-refractivity contribution in [3.05, 3.63) is 82.4 Å². The molecule has 33 heavy (non-hydrogen) atoms. The molecule has 11 heteroatoms. The molecular weight excluding hydrogens is 459 g/mol. The molecule has 172 valence electrons. The molecule has 0 aliphatic carbocycles. The monoisotopic (exact) mass is 477 g/mol. The number of rotatable bonds is 7. The highest BCUT2D eigenvalue weighted by Crippen LogP contribution is 2.39. The van der Waals surface area contributed by atoms with Crippen molar-refractivity contribution >= 4 is 21.8 Å². The number of alkyl halides is 1. The second kappa shape index (κ2) is 9.12. The number of aromatic amines is 1. The Morgan fingerprint density at radius 1 is 1.09 bits per heavy atom. The summed E-state index contributed by atoms with van der Waals surface area (Å²) in [6.07, 6.45) is 1.43. The van der Waals surface area contributed by atoms with Crippen molar-refractivity contribution in [3.63, 3.8) is 0 Å². The van der Waals surface area contributed by atoms with Crippen LogP contribution in [0.15, 0.2) is 59.7 Å². The molecular formula is C22H18F3N3O4S. The van der Waals surface area contributed by atoms with E-state index in [-0.39, 0.29) is 22.6 Å². The van der Waals surface area contributed by atoms with Crippen LogP contribution in [-0.4, -0.2) is 24.5 Å². The number of thiol groups is 1. The van der Waals surface area contributed by atoms with Crippen LogP contribution in [0.5, 0.6) is 11.5 Å². The zero-order chi connectivity index (χ0) is 23.7. The minimum Gasteiger partial charge on any atom is -0.454 e. The van der Waals surface area contributed by atoms with Crippen LogP contribution in [0.2, 0.25) is 0 Å². The number of benzene rings is 2. The molecule has 0 saturated heterocycles. The minimum atomic E-state index is -2.98. The van der Waals surface area contributed by atoms with E-state index in [9.17, 15) is 26.4 Å². The molecule has 4 aromatic rings. The smallest absolute Gasteiger partial charge is 0.274 e. The SMILES string of the molecule is Cn1cc(-c2cc(C(F)CN[SH](=O)=O)ccc2Oc2ccc(F)cc2F)c2cc[nH]c2c1=O. The van der Waals surface area contributed by atoms with Crippen molar-refractivity contribution in [1.82, 2.24) is 14.3 Å². The van der Waals surface area contributed by atoms with Crippen LogP contribution in [0.25, 0.3) is 22.0 Å². The Morgan fingerprint density at radius 3 is 2.58 bits per heavy atom. The Hall–Kier alpha value is -3.57. The van der Waals surface area contributed by atoms with Crippen LogP contribution in [0.1, 0.15) is 11.7 Å². The van der Waals surface area contributed by atoms with Gasteiger partial charge in [0.2, 0.25) is 10.9 Å². The predicted octanol–water partition coefficient (Wildman–Crippen LogP) is 3.73. The van der Waals surface area contributed by atoms with Gasteiger partial charge >= 0.3 is 0 Å². The molecule has 2 heterocycles. The zero-order valence-corrected chi connectivity index (χ0v) is 18.0. The first kappa shape index (κ1) is 22.6. The second-order valence-corrected chi connectivity index (χ2v) is 8.07. The Kier molecular flexibility index (Phi) is 6.25. The zero-order valence-electron chi connectivity index (χ0n) is 17.1. The van der Waals surface area contributed by atoms with Gasteiger partial charge in [-0.05, 0) is 35.9 Å². The lowest BCUT2D eigenvalue weighted by atomic mass is 9.98. The summed E-state index contributed by atoms with van der Waals surface area (Å²) in [6.45, 7) is -0.474.